The van der Waals surface area contributed by atoms with Crippen LogP contribution in [0.4, 0.5) is 18.9 Å². The molecule has 27 heavy (non-hydrogen) atoms. The van der Waals surface area contributed by atoms with Crippen molar-refractivity contribution in [2.75, 3.05) is 11.9 Å². The molecule has 2 heterocycles. The molecule has 1 atom stereocenters. The summed E-state index contributed by atoms with van der Waals surface area (Å²) in [5, 5.41) is 11.1. The number of hydrogen-bond acceptors (Lipinski definition) is 4. The quantitative estimate of drug-likeness (QED) is 0.386. The first kappa shape index (κ1) is 21.3. The molecule has 0 bridgehead atoms. The summed E-state index contributed by atoms with van der Waals surface area (Å²) in [4.78, 5) is 4.33. The number of rotatable bonds is 4. The molecule has 1 aromatic heterocycles. The van der Waals surface area contributed by atoms with Gasteiger partial charge in [0.1, 0.15) is 17.4 Å². The molecule has 0 radical (unpaired) electrons. The van der Waals surface area contributed by atoms with Crippen molar-refractivity contribution < 1.29 is 17.9 Å². The summed E-state index contributed by atoms with van der Waals surface area (Å²) in [5.41, 5.74) is 6.39. The number of anilines is 1. The number of benzene rings is 1. The van der Waals surface area contributed by atoms with Crippen LogP contribution in [0.2, 0.25) is 0 Å². The van der Waals surface area contributed by atoms with Crippen LogP contribution in [0.25, 0.3) is 0 Å². The number of nitrogens with zero attached hydrogens (tertiary/aromatic N) is 4. The van der Waals surface area contributed by atoms with E-state index in [1.807, 2.05) is 6.92 Å². The average Bonchev–Trinajstić information content (AvgIpc) is 2.94. The van der Waals surface area contributed by atoms with Crippen LogP contribution in [0.1, 0.15) is 18.1 Å². The van der Waals surface area contributed by atoms with Gasteiger partial charge in [0, 0.05) is 25.2 Å². The van der Waals surface area contributed by atoms with Crippen LogP contribution in [0.3, 0.4) is 0 Å². The highest BCUT2D eigenvalue weighted by Gasteiger charge is 2.31. The number of guanidine groups is 1. The Kier molecular flexibility index (Phi) is 6.89. The Labute approximate surface area is 171 Å². The Balaban J connectivity index is 0.00000261. The lowest BCUT2D eigenvalue weighted by Gasteiger charge is -2.22. The Morgan fingerprint density at radius 2 is 2.04 bits per heavy atom. The molecule has 1 aliphatic heterocycles. The standard InChI is InChI=1S/C16H19F3N6O.HI/c1-10-23-24-14-7-2-11(9-25(10)14)8-21-15(20)22-12-3-5-13(6-4-12)26-16(17,18)19;/h3-6,11H,2,7-9H2,1H3,(H3,20,21,22);1H. The van der Waals surface area contributed by atoms with Crippen molar-refractivity contribution in [3.8, 4) is 5.75 Å². The van der Waals surface area contributed by atoms with Crippen LogP contribution in [0.15, 0.2) is 29.3 Å². The van der Waals surface area contributed by atoms with Gasteiger partial charge in [-0.1, -0.05) is 0 Å². The van der Waals surface area contributed by atoms with E-state index in [0.717, 1.165) is 31.0 Å². The fourth-order valence-corrected chi connectivity index (χ4v) is 2.83. The Morgan fingerprint density at radius 3 is 2.70 bits per heavy atom. The molecule has 0 amide bonds. The minimum atomic E-state index is -4.71. The maximum Gasteiger partial charge on any atom is 0.573 e. The molecule has 1 unspecified atom stereocenters. The predicted octanol–water partition coefficient (Wildman–Crippen LogP) is 3.09. The molecular formula is C16H20F3IN6O. The van der Waals surface area contributed by atoms with Gasteiger partial charge in [0.05, 0.1) is 0 Å². The van der Waals surface area contributed by atoms with Gasteiger partial charge in [0.15, 0.2) is 5.96 Å². The zero-order valence-electron chi connectivity index (χ0n) is 14.5. The van der Waals surface area contributed by atoms with E-state index in [9.17, 15) is 13.2 Å². The molecule has 148 valence electrons. The number of aryl methyl sites for hydroxylation is 2. The first-order valence-electron chi connectivity index (χ1n) is 8.11. The Hall–Kier alpha value is -2.05. The van der Waals surface area contributed by atoms with Crippen LogP contribution >= 0.6 is 24.0 Å². The van der Waals surface area contributed by atoms with E-state index in [1.165, 1.54) is 24.3 Å². The van der Waals surface area contributed by atoms with Gasteiger partial charge < -0.3 is 20.4 Å². The van der Waals surface area contributed by atoms with Gasteiger partial charge in [0.2, 0.25) is 0 Å². The zero-order chi connectivity index (χ0) is 18.7. The summed E-state index contributed by atoms with van der Waals surface area (Å²) in [6.45, 7) is 3.27. The largest absolute Gasteiger partial charge is 0.573 e. The number of halogens is 4. The van der Waals surface area contributed by atoms with E-state index in [-0.39, 0.29) is 35.7 Å². The summed E-state index contributed by atoms with van der Waals surface area (Å²) >= 11 is 0. The van der Waals surface area contributed by atoms with Crippen LogP contribution in [-0.4, -0.2) is 33.6 Å². The second-order valence-electron chi connectivity index (χ2n) is 6.10. The summed E-state index contributed by atoms with van der Waals surface area (Å²) in [5.74, 6) is 2.14. The van der Waals surface area contributed by atoms with Crippen molar-refractivity contribution in [1.29, 1.82) is 0 Å². The Morgan fingerprint density at radius 1 is 1.33 bits per heavy atom. The maximum absolute atomic E-state index is 12.1. The molecule has 3 rings (SSSR count). The third-order valence-electron chi connectivity index (χ3n) is 4.11. The van der Waals surface area contributed by atoms with Gasteiger partial charge in [0.25, 0.3) is 0 Å². The lowest BCUT2D eigenvalue weighted by atomic mass is 9.99. The van der Waals surface area contributed by atoms with Gasteiger partial charge >= 0.3 is 6.36 Å². The summed E-state index contributed by atoms with van der Waals surface area (Å²) in [6, 6.07) is 5.30. The Bertz CT molecular complexity index is 790. The second kappa shape index (κ2) is 8.76. The van der Waals surface area contributed by atoms with Gasteiger partial charge in [-0.3, -0.25) is 4.99 Å². The molecule has 0 saturated carbocycles. The number of hydrogen-bond donors (Lipinski definition) is 2. The fraction of sp³-hybridized carbons (Fsp3) is 0.438. The van der Waals surface area contributed by atoms with Gasteiger partial charge in [-0.15, -0.1) is 47.3 Å². The van der Waals surface area contributed by atoms with Crippen molar-refractivity contribution in [3.63, 3.8) is 0 Å². The van der Waals surface area contributed by atoms with Crippen LogP contribution in [0.5, 0.6) is 5.75 Å². The highest BCUT2D eigenvalue weighted by atomic mass is 127. The number of fused-ring (bicyclic) bond motifs is 1. The molecule has 1 aromatic carbocycles. The lowest BCUT2D eigenvalue weighted by Crippen LogP contribution is -2.27. The number of nitrogens with one attached hydrogen (secondary N) is 1. The molecule has 7 nitrogen and oxygen atoms in total. The molecule has 2 aromatic rings. The van der Waals surface area contributed by atoms with Crippen LogP contribution < -0.4 is 15.8 Å². The zero-order valence-corrected chi connectivity index (χ0v) is 16.9. The second-order valence-corrected chi connectivity index (χ2v) is 6.10. The predicted molar refractivity (Wildman–Crippen MR) is 105 cm³/mol. The number of alkyl halides is 3. The number of nitrogens with two attached hydrogens (primary N) is 1. The summed E-state index contributed by atoms with van der Waals surface area (Å²) in [7, 11) is 0. The van der Waals surface area contributed by atoms with Crippen molar-refractivity contribution in [3.05, 3.63) is 35.9 Å². The van der Waals surface area contributed by atoms with Crippen LogP contribution in [-0.2, 0) is 13.0 Å². The fourth-order valence-electron chi connectivity index (χ4n) is 2.83. The van der Waals surface area contributed by atoms with Crippen molar-refractivity contribution in [1.82, 2.24) is 14.8 Å². The van der Waals surface area contributed by atoms with E-state index >= 15 is 0 Å². The van der Waals surface area contributed by atoms with E-state index < -0.39 is 6.36 Å². The minimum absolute atomic E-state index is 0. The topological polar surface area (TPSA) is 90.4 Å². The van der Waals surface area contributed by atoms with Gasteiger partial charge in [-0.2, -0.15) is 0 Å². The summed E-state index contributed by atoms with van der Waals surface area (Å²) in [6.07, 6.45) is -2.90. The van der Waals surface area contributed by atoms with E-state index in [2.05, 4.69) is 29.8 Å². The first-order chi connectivity index (χ1) is 12.3. The number of aliphatic imine (C=N–C) groups is 1. The highest BCUT2D eigenvalue weighted by molar-refractivity contribution is 14.0. The maximum atomic E-state index is 12.1. The molecule has 3 N–H and O–H groups in total. The molecule has 0 saturated heterocycles. The van der Waals surface area contributed by atoms with E-state index in [0.29, 0.717) is 18.2 Å². The molecule has 1 aliphatic rings. The average molecular weight is 496 g/mol. The van der Waals surface area contributed by atoms with E-state index in [1.54, 1.807) is 0 Å². The van der Waals surface area contributed by atoms with Crippen molar-refractivity contribution >= 4 is 35.6 Å². The molecule has 11 heteroatoms. The third-order valence-corrected chi connectivity index (χ3v) is 4.11. The highest BCUT2D eigenvalue weighted by Crippen LogP contribution is 2.24. The molecule has 0 aliphatic carbocycles. The molecule has 0 spiro atoms. The van der Waals surface area contributed by atoms with Crippen LogP contribution in [0, 0.1) is 12.8 Å². The van der Waals surface area contributed by atoms with E-state index in [4.69, 9.17) is 5.73 Å². The third kappa shape index (κ3) is 5.97. The lowest BCUT2D eigenvalue weighted by molar-refractivity contribution is -0.274. The monoisotopic (exact) mass is 496 g/mol. The van der Waals surface area contributed by atoms with Gasteiger partial charge in [-0.25, -0.2) is 0 Å². The smallest absolute Gasteiger partial charge is 0.406 e. The van der Waals surface area contributed by atoms with Gasteiger partial charge in [-0.05, 0) is 43.5 Å². The molecule has 0 fully saturated rings. The van der Waals surface area contributed by atoms with Crippen molar-refractivity contribution in [2.24, 2.45) is 16.6 Å². The summed E-state index contributed by atoms with van der Waals surface area (Å²) < 4.78 is 42.3. The number of aromatic nitrogens is 3. The molecular weight excluding hydrogens is 476 g/mol. The first-order valence-corrected chi connectivity index (χ1v) is 8.11. The minimum Gasteiger partial charge on any atom is -0.406 e. The number of ether oxygens (including phenoxy) is 1. The SMILES string of the molecule is Cc1nnc2n1CC(CN=C(N)Nc1ccc(OC(F)(F)F)cc1)CC2.I. The van der Waals surface area contributed by atoms with Crippen molar-refractivity contribution in [2.45, 2.75) is 32.7 Å². The normalized spacial score (nSPS) is 17.0.